The number of rotatable bonds is 3. The molecule has 2 aromatic rings. The number of benzene rings is 1. The minimum absolute atomic E-state index is 0.0434. The van der Waals surface area contributed by atoms with Gasteiger partial charge in [-0.3, -0.25) is 4.98 Å². The van der Waals surface area contributed by atoms with Crippen LogP contribution < -0.4 is 11.1 Å². The first-order valence-corrected chi connectivity index (χ1v) is 7.54. The monoisotopic (exact) mass is 269 g/mol. The van der Waals surface area contributed by atoms with Crippen LogP contribution in [0.1, 0.15) is 32.6 Å². The molecule has 20 heavy (non-hydrogen) atoms. The molecule has 0 amide bonds. The number of para-hydroxylation sites is 1. The van der Waals surface area contributed by atoms with Crippen LogP contribution in [-0.4, -0.2) is 17.1 Å². The molecule has 1 aromatic heterocycles. The number of nitrogens with zero attached hydrogens (tertiary/aromatic N) is 1. The summed E-state index contributed by atoms with van der Waals surface area (Å²) >= 11 is 0. The Hall–Kier alpha value is -1.61. The first kappa shape index (κ1) is 13.4. The Morgan fingerprint density at radius 2 is 2.20 bits per heavy atom. The normalized spacial score (nSPS) is 26.6. The molecule has 0 saturated heterocycles. The van der Waals surface area contributed by atoms with Gasteiger partial charge in [0.25, 0.3) is 0 Å². The van der Waals surface area contributed by atoms with Crippen LogP contribution in [0.2, 0.25) is 0 Å². The van der Waals surface area contributed by atoms with E-state index in [0.717, 1.165) is 30.0 Å². The highest BCUT2D eigenvalue weighted by atomic mass is 15.0. The minimum atomic E-state index is 0.0434. The number of aromatic nitrogens is 1. The van der Waals surface area contributed by atoms with Crippen molar-refractivity contribution in [3.63, 3.8) is 0 Å². The van der Waals surface area contributed by atoms with Gasteiger partial charge < -0.3 is 11.1 Å². The van der Waals surface area contributed by atoms with E-state index >= 15 is 0 Å². The van der Waals surface area contributed by atoms with E-state index in [1.165, 1.54) is 18.2 Å². The van der Waals surface area contributed by atoms with Gasteiger partial charge in [0.2, 0.25) is 0 Å². The average molecular weight is 269 g/mol. The van der Waals surface area contributed by atoms with Gasteiger partial charge in [0.05, 0.1) is 5.52 Å². The molecule has 2 atom stereocenters. The summed E-state index contributed by atoms with van der Waals surface area (Å²) in [7, 11) is 0. The summed E-state index contributed by atoms with van der Waals surface area (Å²) in [6, 6.07) is 10.3. The predicted octanol–water partition coefficient (Wildman–Crippen LogP) is 3.55. The maximum absolute atomic E-state index is 6.11. The molecule has 3 rings (SSSR count). The summed E-state index contributed by atoms with van der Waals surface area (Å²) in [6.45, 7) is 3.02. The maximum Gasteiger partial charge on any atom is 0.0722 e. The van der Waals surface area contributed by atoms with Crippen LogP contribution in [0.25, 0.3) is 10.9 Å². The SMILES string of the molecule is CC1CCCC(CN)(Nc2ccnc3ccccc23)C1. The smallest absolute Gasteiger partial charge is 0.0722 e. The second kappa shape index (κ2) is 5.41. The van der Waals surface area contributed by atoms with Gasteiger partial charge in [0, 0.05) is 29.4 Å². The van der Waals surface area contributed by atoms with Gasteiger partial charge in [-0.15, -0.1) is 0 Å². The second-order valence-corrected chi connectivity index (χ2v) is 6.19. The fourth-order valence-corrected chi connectivity index (χ4v) is 3.50. The summed E-state index contributed by atoms with van der Waals surface area (Å²) < 4.78 is 0. The molecule has 1 fully saturated rings. The summed E-state index contributed by atoms with van der Waals surface area (Å²) in [5.74, 6) is 0.743. The van der Waals surface area contributed by atoms with Crippen molar-refractivity contribution in [3.05, 3.63) is 36.5 Å². The zero-order valence-electron chi connectivity index (χ0n) is 12.1. The molecule has 0 bridgehead atoms. The third-order valence-electron chi connectivity index (χ3n) is 4.53. The van der Waals surface area contributed by atoms with E-state index in [-0.39, 0.29) is 5.54 Å². The zero-order chi connectivity index (χ0) is 14.0. The van der Waals surface area contributed by atoms with Crippen molar-refractivity contribution >= 4 is 16.6 Å². The minimum Gasteiger partial charge on any atom is -0.378 e. The molecule has 0 radical (unpaired) electrons. The van der Waals surface area contributed by atoms with Crippen molar-refractivity contribution in [2.45, 2.75) is 38.1 Å². The first-order valence-electron chi connectivity index (χ1n) is 7.54. The number of pyridine rings is 1. The molecular formula is C17H23N3. The molecule has 0 spiro atoms. The van der Waals surface area contributed by atoms with Crippen LogP contribution in [0, 0.1) is 5.92 Å². The van der Waals surface area contributed by atoms with Gasteiger partial charge in [0.1, 0.15) is 0 Å². The van der Waals surface area contributed by atoms with Gasteiger partial charge in [-0.25, -0.2) is 0 Å². The van der Waals surface area contributed by atoms with Crippen molar-refractivity contribution < 1.29 is 0 Å². The standard InChI is InChI=1S/C17H23N3/c1-13-5-4-9-17(11-13,12-18)20-16-8-10-19-15-7-3-2-6-14(15)16/h2-3,6-8,10,13H,4-5,9,11-12,18H2,1H3,(H,19,20). The fraction of sp³-hybridized carbons (Fsp3) is 0.471. The lowest BCUT2D eigenvalue weighted by atomic mass is 9.76. The lowest BCUT2D eigenvalue weighted by Crippen LogP contribution is -2.48. The van der Waals surface area contributed by atoms with E-state index in [4.69, 9.17) is 5.73 Å². The Bertz CT molecular complexity index is 590. The van der Waals surface area contributed by atoms with Crippen molar-refractivity contribution in [2.24, 2.45) is 11.7 Å². The molecule has 3 heteroatoms. The number of hydrogen-bond donors (Lipinski definition) is 2. The Morgan fingerprint density at radius 1 is 1.35 bits per heavy atom. The van der Waals surface area contributed by atoms with Crippen LogP contribution in [0.5, 0.6) is 0 Å². The number of fused-ring (bicyclic) bond motifs is 1. The first-order chi connectivity index (χ1) is 9.72. The Kier molecular flexibility index (Phi) is 3.62. The van der Waals surface area contributed by atoms with Crippen LogP contribution >= 0.6 is 0 Å². The zero-order valence-corrected chi connectivity index (χ0v) is 12.1. The topological polar surface area (TPSA) is 50.9 Å². The summed E-state index contributed by atoms with van der Waals surface area (Å²) in [5, 5.41) is 4.93. The molecule has 1 aliphatic carbocycles. The van der Waals surface area contributed by atoms with Crippen LogP contribution in [0.4, 0.5) is 5.69 Å². The van der Waals surface area contributed by atoms with Crippen molar-refractivity contribution in [1.29, 1.82) is 0 Å². The van der Waals surface area contributed by atoms with Gasteiger partial charge in [0.15, 0.2) is 0 Å². The summed E-state index contributed by atoms with van der Waals surface area (Å²) in [5.41, 5.74) is 8.36. The quantitative estimate of drug-likeness (QED) is 0.896. The molecule has 2 unspecified atom stereocenters. The molecule has 1 saturated carbocycles. The molecule has 1 heterocycles. The predicted molar refractivity (Wildman–Crippen MR) is 84.8 cm³/mol. The van der Waals surface area contributed by atoms with Gasteiger partial charge in [-0.2, -0.15) is 0 Å². The van der Waals surface area contributed by atoms with Crippen LogP contribution in [0.15, 0.2) is 36.5 Å². The Morgan fingerprint density at radius 3 is 3.00 bits per heavy atom. The third-order valence-corrected chi connectivity index (χ3v) is 4.53. The number of anilines is 1. The van der Waals surface area contributed by atoms with E-state index in [0.29, 0.717) is 6.54 Å². The Balaban J connectivity index is 1.95. The van der Waals surface area contributed by atoms with E-state index in [1.54, 1.807) is 0 Å². The highest BCUT2D eigenvalue weighted by Gasteiger charge is 2.33. The summed E-state index contributed by atoms with van der Waals surface area (Å²) in [6.07, 6.45) is 6.76. The molecule has 3 nitrogen and oxygen atoms in total. The molecule has 1 aromatic carbocycles. The number of nitrogens with one attached hydrogen (secondary N) is 1. The highest BCUT2D eigenvalue weighted by Crippen LogP contribution is 2.35. The highest BCUT2D eigenvalue weighted by molar-refractivity contribution is 5.91. The van der Waals surface area contributed by atoms with Crippen molar-refractivity contribution in [1.82, 2.24) is 4.98 Å². The fourth-order valence-electron chi connectivity index (χ4n) is 3.50. The average Bonchev–Trinajstić information content (AvgIpc) is 2.48. The Labute approximate surface area is 120 Å². The second-order valence-electron chi connectivity index (χ2n) is 6.19. The summed E-state index contributed by atoms with van der Waals surface area (Å²) in [4.78, 5) is 4.43. The van der Waals surface area contributed by atoms with Crippen LogP contribution in [0.3, 0.4) is 0 Å². The number of hydrogen-bond acceptors (Lipinski definition) is 3. The number of nitrogens with two attached hydrogens (primary N) is 1. The molecular weight excluding hydrogens is 246 g/mol. The van der Waals surface area contributed by atoms with Gasteiger partial charge in [-0.05, 0) is 30.9 Å². The van der Waals surface area contributed by atoms with E-state index in [1.807, 2.05) is 12.3 Å². The van der Waals surface area contributed by atoms with Crippen LogP contribution in [-0.2, 0) is 0 Å². The lowest BCUT2D eigenvalue weighted by Gasteiger charge is -2.41. The molecule has 1 aliphatic rings. The molecule has 106 valence electrons. The van der Waals surface area contributed by atoms with Gasteiger partial charge in [-0.1, -0.05) is 38.0 Å². The molecule has 0 aliphatic heterocycles. The van der Waals surface area contributed by atoms with E-state index in [9.17, 15) is 0 Å². The largest absolute Gasteiger partial charge is 0.378 e. The van der Waals surface area contributed by atoms with E-state index < -0.39 is 0 Å². The van der Waals surface area contributed by atoms with Crippen molar-refractivity contribution in [2.75, 3.05) is 11.9 Å². The maximum atomic E-state index is 6.11. The lowest BCUT2D eigenvalue weighted by molar-refractivity contribution is 0.264. The molecule has 3 N–H and O–H groups in total. The van der Waals surface area contributed by atoms with Crippen molar-refractivity contribution in [3.8, 4) is 0 Å². The van der Waals surface area contributed by atoms with E-state index in [2.05, 4.69) is 41.5 Å². The third kappa shape index (κ3) is 2.50. The van der Waals surface area contributed by atoms with Gasteiger partial charge >= 0.3 is 0 Å².